The molecular weight excluding hydrogens is 402 g/mol. The van der Waals surface area contributed by atoms with Crippen molar-refractivity contribution in [3.63, 3.8) is 0 Å². The zero-order valence-corrected chi connectivity index (χ0v) is 18.1. The first kappa shape index (κ1) is 21.0. The van der Waals surface area contributed by atoms with Gasteiger partial charge in [-0.25, -0.2) is 14.6 Å². The Hall–Kier alpha value is -4.26. The summed E-state index contributed by atoms with van der Waals surface area (Å²) in [4.78, 5) is 20.6. The Kier molecular flexibility index (Phi) is 6.07. The van der Waals surface area contributed by atoms with Crippen molar-refractivity contribution >= 4 is 17.7 Å². The summed E-state index contributed by atoms with van der Waals surface area (Å²) in [5.41, 5.74) is 5.30. The van der Waals surface area contributed by atoms with E-state index in [1.807, 2.05) is 61.9 Å². The van der Waals surface area contributed by atoms with Crippen LogP contribution in [0.15, 0.2) is 73.1 Å². The number of aryl methyl sites for hydroxylation is 2. The van der Waals surface area contributed by atoms with Crippen molar-refractivity contribution in [3.05, 3.63) is 95.6 Å². The second-order valence-corrected chi connectivity index (χ2v) is 7.26. The van der Waals surface area contributed by atoms with Gasteiger partial charge in [-0.1, -0.05) is 18.2 Å². The monoisotopic (exact) mass is 425 g/mol. The van der Waals surface area contributed by atoms with Gasteiger partial charge in [-0.05, 0) is 68.8 Å². The lowest BCUT2D eigenvalue weighted by atomic mass is 10.1. The number of hydrogen-bond donors (Lipinski definition) is 1. The number of para-hydroxylation sites is 1. The molecule has 0 unspecified atom stereocenters. The fourth-order valence-corrected chi connectivity index (χ4v) is 3.33. The van der Waals surface area contributed by atoms with Crippen LogP contribution in [-0.2, 0) is 4.79 Å². The highest BCUT2D eigenvalue weighted by atomic mass is 16.5. The number of amides is 1. The van der Waals surface area contributed by atoms with Gasteiger partial charge in [-0.2, -0.15) is 5.10 Å². The number of nitrogens with zero attached hydrogens (tertiary/aromatic N) is 4. The summed E-state index contributed by atoms with van der Waals surface area (Å²) in [6.07, 6.45) is 6.55. The zero-order chi connectivity index (χ0) is 22.5. The van der Waals surface area contributed by atoms with Gasteiger partial charge in [-0.15, -0.1) is 0 Å². The highest BCUT2D eigenvalue weighted by Gasteiger charge is 2.11. The van der Waals surface area contributed by atoms with Gasteiger partial charge in [0.05, 0.1) is 11.4 Å². The van der Waals surface area contributed by atoms with E-state index in [4.69, 9.17) is 4.74 Å². The molecule has 0 saturated heterocycles. The Bertz CT molecular complexity index is 1260. The van der Waals surface area contributed by atoms with E-state index < -0.39 is 0 Å². The molecule has 0 aliphatic rings. The number of aromatic nitrogens is 4. The van der Waals surface area contributed by atoms with Crippen LogP contribution in [0.4, 0.5) is 5.69 Å². The standard InChI is InChI=1S/C25H23N5O2/c1-17-16-21(32-25-26-14-7-15-27-25)10-12-23(17)28-24(31)13-11-22-18(2)29-30(19(22)3)20-8-5-4-6-9-20/h4-16H,1-3H3,(H,28,31)/b13-11+. The topological polar surface area (TPSA) is 81.9 Å². The van der Waals surface area contributed by atoms with Crippen molar-refractivity contribution in [2.24, 2.45) is 0 Å². The minimum Gasteiger partial charge on any atom is -0.424 e. The number of nitrogens with one attached hydrogen (secondary N) is 1. The van der Waals surface area contributed by atoms with E-state index in [0.717, 1.165) is 28.2 Å². The highest BCUT2D eigenvalue weighted by molar-refractivity contribution is 6.02. The zero-order valence-electron chi connectivity index (χ0n) is 18.1. The van der Waals surface area contributed by atoms with Crippen molar-refractivity contribution in [2.75, 3.05) is 5.32 Å². The molecule has 0 spiro atoms. The van der Waals surface area contributed by atoms with E-state index >= 15 is 0 Å². The van der Waals surface area contributed by atoms with Crippen LogP contribution in [0.5, 0.6) is 11.8 Å². The molecule has 0 saturated carbocycles. The molecule has 1 N–H and O–H groups in total. The van der Waals surface area contributed by atoms with Gasteiger partial charge in [0.2, 0.25) is 5.91 Å². The Morgan fingerprint density at radius 2 is 1.75 bits per heavy atom. The molecule has 32 heavy (non-hydrogen) atoms. The average Bonchev–Trinajstić information content (AvgIpc) is 3.09. The molecule has 4 aromatic rings. The summed E-state index contributed by atoms with van der Waals surface area (Å²) in [5, 5.41) is 7.52. The summed E-state index contributed by atoms with van der Waals surface area (Å²) in [6, 6.07) is 17.3. The van der Waals surface area contributed by atoms with Crippen LogP contribution in [0.1, 0.15) is 22.5 Å². The largest absolute Gasteiger partial charge is 0.424 e. The number of carbonyl (C=O) groups excluding carboxylic acids is 1. The molecule has 0 bridgehead atoms. The lowest BCUT2D eigenvalue weighted by Crippen LogP contribution is -2.09. The van der Waals surface area contributed by atoms with Crippen LogP contribution < -0.4 is 10.1 Å². The lowest BCUT2D eigenvalue weighted by molar-refractivity contribution is -0.111. The van der Waals surface area contributed by atoms with Crippen molar-refractivity contribution in [1.29, 1.82) is 0 Å². The van der Waals surface area contributed by atoms with E-state index in [2.05, 4.69) is 20.4 Å². The molecule has 7 nitrogen and oxygen atoms in total. The predicted octanol–water partition coefficient (Wildman–Crippen LogP) is 5.03. The van der Waals surface area contributed by atoms with Gasteiger partial charge in [0, 0.05) is 35.4 Å². The maximum absolute atomic E-state index is 12.5. The van der Waals surface area contributed by atoms with Crippen molar-refractivity contribution < 1.29 is 9.53 Å². The normalized spacial score (nSPS) is 11.0. The molecule has 4 rings (SSSR count). The first-order chi connectivity index (χ1) is 15.5. The molecule has 0 aliphatic heterocycles. The minimum absolute atomic E-state index is 0.223. The Balaban J connectivity index is 1.45. The predicted molar refractivity (Wildman–Crippen MR) is 124 cm³/mol. The van der Waals surface area contributed by atoms with Gasteiger partial charge >= 0.3 is 6.01 Å². The molecule has 1 amide bonds. The van der Waals surface area contributed by atoms with Crippen molar-refractivity contribution in [1.82, 2.24) is 19.7 Å². The molecule has 2 aromatic carbocycles. The van der Waals surface area contributed by atoms with E-state index in [1.54, 1.807) is 36.7 Å². The van der Waals surface area contributed by atoms with E-state index in [0.29, 0.717) is 11.4 Å². The van der Waals surface area contributed by atoms with E-state index in [1.165, 1.54) is 6.08 Å². The highest BCUT2D eigenvalue weighted by Crippen LogP contribution is 2.24. The van der Waals surface area contributed by atoms with Gasteiger partial charge in [0.15, 0.2) is 0 Å². The van der Waals surface area contributed by atoms with Crippen LogP contribution in [0, 0.1) is 20.8 Å². The SMILES string of the molecule is Cc1cc(Oc2ncccn2)ccc1NC(=O)/C=C/c1c(C)nn(-c2ccccc2)c1C. The minimum atomic E-state index is -0.223. The maximum atomic E-state index is 12.5. The summed E-state index contributed by atoms with van der Waals surface area (Å²) < 4.78 is 7.51. The molecule has 2 heterocycles. The summed E-state index contributed by atoms with van der Waals surface area (Å²) in [7, 11) is 0. The van der Waals surface area contributed by atoms with Crippen LogP contribution in [0.2, 0.25) is 0 Å². The summed E-state index contributed by atoms with van der Waals surface area (Å²) in [5.74, 6) is 0.376. The van der Waals surface area contributed by atoms with Crippen LogP contribution in [-0.4, -0.2) is 25.7 Å². The number of rotatable bonds is 6. The number of benzene rings is 2. The Morgan fingerprint density at radius 1 is 1.00 bits per heavy atom. The Morgan fingerprint density at radius 3 is 2.47 bits per heavy atom. The second kappa shape index (κ2) is 9.26. The third-order valence-electron chi connectivity index (χ3n) is 4.96. The third kappa shape index (κ3) is 4.73. The lowest BCUT2D eigenvalue weighted by Gasteiger charge is -2.09. The van der Waals surface area contributed by atoms with Crippen molar-refractivity contribution in [2.45, 2.75) is 20.8 Å². The van der Waals surface area contributed by atoms with Gasteiger partial charge < -0.3 is 10.1 Å². The number of hydrogen-bond acceptors (Lipinski definition) is 5. The molecule has 0 aliphatic carbocycles. The van der Waals surface area contributed by atoms with Crippen molar-refractivity contribution in [3.8, 4) is 17.4 Å². The first-order valence-electron chi connectivity index (χ1n) is 10.2. The fourth-order valence-electron chi connectivity index (χ4n) is 3.33. The molecular formula is C25H23N5O2. The van der Waals surface area contributed by atoms with Gasteiger partial charge in [0.1, 0.15) is 5.75 Å². The smallest absolute Gasteiger partial charge is 0.321 e. The van der Waals surface area contributed by atoms with Gasteiger partial charge in [0.25, 0.3) is 0 Å². The van der Waals surface area contributed by atoms with Crippen LogP contribution >= 0.6 is 0 Å². The van der Waals surface area contributed by atoms with E-state index in [9.17, 15) is 4.79 Å². The number of anilines is 1. The number of carbonyl (C=O) groups is 1. The molecule has 0 atom stereocenters. The van der Waals surface area contributed by atoms with E-state index in [-0.39, 0.29) is 11.9 Å². The number of ether oxygens (including phenoxy) is 1. The van der Waals surface area contributed by atoms with Gasteiger partial charge in [-0.3, -0.25) is 4.79 Å². The Labute approximate surface area is 186 Å². The molecule has 2 aromatic heterocycles. The molecule has 7 heteroatoms. The molecule has 0 radical (unpaired) electrons. The third-order valence-corrected chi connectivity index (χ3v) is 4.96. The molecule has 0 fully saturated rings. The average molecular weight is 425 g/mol. The summed E-state index contributed by atoms with van der Waals surface area (Å²) >= 11 is 0. The maximum Gasteiger partial charge on any atom is 0.321 e. The second-order valence-electron chi connectivity index (χ2n) is 7.26. The first-order valence-corrected chi connectivity index (χ1v) is 10.2. The fraction of sp³-hybridized carbons (Fsp3) is 0.120. The summed E-state index contributed by atoms with van der Waals surface area (Å²) in [6.45, 7) is 5.82. The van der Waals surface area contributed by atoms with Crippen LogP contribution in [0.25, 0.3) is 11.8 Å². The molecule has 160 valence electrons. The van der Waals surface area contributed by atoms with Crippen LogP contribution in [0.3, 0.4) is 0 Å². The quantitative estimate of drug-likeness (QED) is 0.438.